The minimum atomic E-state index is 0.911. The summed E-state index contributed by atoms with van der Waals surface area (Å²) in [7, 11) is 0. The Kier molecular flexibility index (Phi) is 2.69. The van der Waals surface area contributed by atoms with Crippen LogP contribution < -0.4 is 5.73 Å². The highest BCUT2D eigenvalue weighted by atomic mass is 14.6. The standard InChI is InChI=1S/C11H21N/c12-7-6-10-8-11(10)9-4-2-1-3-5-9/h9-11H,1-8,12H2. The molecule has 70 valence electrons. The fourth-order valence-corrected chi connectivity index (χ4v) is 2.96. The lowest BCUT2D eigenvalue weighted by Gasteiger charge is -2.21. The topological polar surface area (TPSA) is 26.0 Å². The van der Waals surface area contributed by atoms with Crippen molar-refractivity contribution >= 4 is 0 Å². The van der Waals surface area contributed by atoms with Gasteiger partial charge in [-0.05, 0) is 37.1 Å². The van der Waals surface area contributed by atoms with Crippen molar-refractivity contribution in [3.63, 3.8) is 0 Å². The normalized spacial score (nSPS) is 36.8. The van der Waals surface area contributed by atoms with E-state index < -0.39 is 0 Å². The zero-order chi connectivity index (χ0) is 8.39. The highest BCUT2D eigenvalue weighted by Crippen LogP contribution is 2.50. The smallest absolute Gasteiger partial charge is 0.00745 e. The molecule has 0 aromatic carbocycles. The van der Waals surface area contributed by atoms with Crippen molar-refractivity contribution in [1.82, 2.24) is 0 Å². The minimum absolute atomic E-state index is 0.911. The number of nitrogens with two attached hydrogens (primary N) is 1. The molecule has 0 bridgehead atoms. The summed E-state index contributed by atoms with van der Waals surface area (Å²) in [5, 5.41) is 0. The van der Waals surface area contributed by atoms with Crippen LogP contribution in [-0.4, -0.2) is 6.54 Å². The maximum atomic E-state index is 5.56. The molecule has 2 saturated carbocycles. The maximum Gasteiger partial charge on any atom is -0.00745 e. The van der Waals surface area contributed by atoms with Gasteiger partial charge in [0, 0.05) is 0 Å². The van der Waals surface area contributed by atoms with E-state index in [1.807, 2.05) is 0 Å². The van der Waals surface area contributed by atoms with E-state index >= 15 is 0 Å². The van der Waals surface area contributed by atoms with Crippen LogP contribution in [0.1, 0.15) is 44.9 Å². The molecule has 0 saturated heterocycles. The van der Waals surface area contributed by atoms with Crippen LogP contribution >= 0.6 is 0 Å². The summed E-state index contributed by atoms with van der Waals surface area (Å²) >= 11 is 0. The van der Waals surface area contributed by atoms with E-state index in [9.17, 15) is 0 Å². The zero-order valence-corrected chi connectivity index (χ0v) is 7.97. The van der Waals surface area contributed by atoms with E-state index in [1.54, 1.807) is 0 Å². The van der Waals surface area contributed by atoms with Gasteiger partial charge in [-0.2, -0.15) is 0 Å². The van der Waals surface area contributed by atoms with Gasteiger partial charge >= 0.3 is 0 Å². The molecule has 12 heavy (non-hydrogen) atoms. The maximum absolute atomic E-state index is 5.56. The van der Waals surface area contributed by atoms with Crippen LogP contribution in [0, 0.1) is 17.8 Å². The summed E-state index contributed by atoms with van der Waals surface area (Å²) in [5.41, 5.74) is 5.56. The molecular weight excluding hydrogens is 146 g/mol. The molecule has 2 rings (SSSR count). The lowest BCUT2D eigenvalue weighted by atomic mass is 9.85. The fourth-order valence-electron chi connectivity index (χ4n) is 2.96. The Morgan fingerprint density at radius 3 is 2.50 bits per heavy atom. The Morgan fingerprint density at radius 1 is 1.08 bits per heavy atom. The van der Waals surface area contributed by atoms with Crippen LogP contribution in [0.3, 0.4) is 0 Å². The molecule has 1 heteroatoms. The second-order valence-electron chi connectivity index (χ2n) is 4.64. The first-order valence-electron chi connectivity index (χ1n) is 5.62. The number of hydrogen-bond donors (Lipinski definition) is 1. The minimum Gasteiger partial charge on any atom is -0.330 e. The number of rotatable bonds is 3. The van der Waals surface area contributed by atoms with Gasteiger partial charge < -0.3 is 5.73 Å². The molecule has 0 amide bonds. The molecule has 0 radical (unpaired) electrons. The third-order valence-corrected chi connectivity index (χ3v) is 3.77. The summed E-state index contributed by atoms with van der Waals surface area (Å²) in [6.45, 7) is 0.911. The van der Waals surface area contributed by atoms with Gasteiger partial charge in [0.2, 0.25) is 0 Å². The predicted molar refractivity (Wildman–Crippen MR) is 51.8 cm³/mol. The van der Waals surface area contributed by atoms with E-state index in [-0.39, 0.29) is 0 Å². The first-order valence-corrected chi connectivity index (χ1v) is 5.62. The van der Waals surface area contributed by atoms with Gasteiger partial charge in [-0.15, -0.1) is 0 Å². The highest BCUT2D eigenvalue weighted by molar-refractivity contribution is 4.92. The number of hydrogen-bond acceptors (Lipinski definition) is 1. The molecule has 0 aliphatic heterocycles. The van der Waals surface area contributed by atoms with Crippen molar-refractivity contribution in [3.05, 3.63) is 0 Å². The van der Waals surface area contributed by atoms with Gasteiger partial charge in [-0.3, -0.25) is 0 Å². The van der Waals surface area contributed by atoms with Crippen LogP contribution in [0.2, 0.25) is 0 Å². The molecule has 2 aliphatic carbocycles. The van der Waals surface area contributed by atoms with E-state index in [2.05, 4.69) is 0 Å². The monoisotopic (exact) mass is 167 g/mol. The molecule has 2 N–H and O–H groups in total. The second kappa shape index (κ2) is 3.78. The molecule has 2 fully saturated rings. The van der Waals surface area contributed by atoms with Gasteiger partial charge in [-0.25, -0.2) is 0 Å². The molecule has 0 spiro atoms. The van der Waals surface area contributed by atoms with E-state index in [4.69, 9.17) is 5.73 Å². The van der Waals surface area contributed by atoms with Crippen LogP contribution in [0.5, 0.6) is 0 Å². The SMILES string of the molecule is NCCC1CC1C1CCCCC1. The van der Waals surface area contributed by atoms with Crippen molar-refractivity contribution in [3.8, 4) is 0 Å². The van der Waals surface area contributed by atoms with Crippen molar-refractivity contribution in [2.24, 2.45) is 23.5 Å². The summed E-state index contributed by atoms with van der Waals surface area (Å²) in [6.07, 6.45) is 10.3. The summed E-state index contributed by atoms with van der Waals surface area (Å²) in [5.74, 6) is 3.21. The summed E-state index contributed by atoms with van der Waals surface area (Å²) in [4.78, 5) is 0. The average Bonchev–Trinajstić information content (AvgIpc) is 2.87. The Bertz CT molecular complexity index is 138. The molecule has 2 aliphatic rings. The Labute approximate surface area is 75.7 Å². The Balaban J connectivity index is 1.72. The van der Waals surface area contributed by atoms with Gasteiger partial charge in [0.1, 0.15) is 0 Å². The van der Waals surface area contributed by atoms with Gasteiger partial charge in [0.05, 0.1) is 0 Å². The van der Waals surface area contributed by atoms with Crippen molar-refractivity contribution < 1.29 is 0 Å². The van der Waals surface area contributed by atoms with E-state index in [0.717, 1.165) is 24.3 Å². The van der Waals surface area contributed by atoms with Crippen LogP contribution in [0.25, 0.3) is 0 Å². The summed E-state index contributed by atoms with van der Waals surface area (Å²) < 4.78 is 0. The average molecular weight is 167 g/mol. The second-order valence-corrected chi connectivity index (χ2v) is 4.64. The van der Waals surface area contributed by atoms with Crippen molar-refractivity contribution in [1.29, 1.82) is 0 Å². The molecule has 0 aromatic heterocycles. The van der Waals surface area contributed by atoms with Crippen molar-refractivity contribution in [2.75, 3.05) is 6.54 Å². The molecule has 0 heterocycles. The van der Waals surface area contributed by atoms with Crippen LogP contribution in [0.4, 0.5) is 0 Å². The zero-order valence-electron chi connectivity index (χ0n) is 7.97. The first kappa shape index (κ1) is 8.55. The Hall–Kier alpha value is -0.0400. The molecule has 2 unspecified atom stereocenters. The van der Waals surface area contributed by atoms with Gasteiger partial charge in [0.15, 0.2) is 0 Å². The van der Waals surface area contributed by atoms with E-state index in [1.165, 1.54) is 44.9 Å². The predicted octanol–water partition coefficient (Wildman–Crippen LogP) is 2.55. The quantitative estimate of drug-likeness (QED) is 0.687. The third-order valence-electron chi connectivity index (χ3n) is 3.77. The molecular formula is C11H21N. The molecule has 1 nitrogen and oxygen atoms in total. The molecule has 0 aromatic rings. The Morgan fingerprint density at radius 2 is 1.83 bits per heavy atom. The fraction of sp³-hybridized carbons (Fsp3) is 1.00. The van der Waals surface area contributed by atoms with Crippen LogP contribution in [0.15, 0.2) is 0 Å². The van der Waals surface area contributed by atoms with Gasteiger partial charge in [0.25, 0.3) is 0 Å². The molecule has 2 atom stereocenters. The largest absolute Gasteiger partial charge is 0.330 e. The first-order chi connectivity index (χ1) is 5.92. The lowest BCUT2D eigenvalue weighted by Crippen LogP contribution is -2.10. The third kappa shape index (κ3) is 1.82. The lowest BCUT2D eigenvalue weighted by molar-refractivity contribution is 0.308. The summed E-state index contributed by atoms with van der Waals surface area (Å²) in [6, 6.07) is 0. The van der Waals surface area contributed by atoms with Gasteiger partial charge in [-0.1, -0.05) is 32.1 Å². The van der Waals surface area contributed by atoms with Crippen molar-refractivity contribution in [2.45, 2.75) is 44.9 Å². The van der Waals surface area contributed by atoms with Crippen LogP contribution in [-0.2, 0) is 0 Å². The van der Waals surface area contributed by atoms with E-state index in [0.29, 0.717) is 0 Å². The highest BCUT2D eigenvalue weighted by Gasteiger charge is 2.41.